The Balaban J connectivity index is 2.07. The van der Waals surface area contributed by atoms with E-state index in [4.69, 9.17) is 4.74 Å². The molecule has 3 rings (SSSR count). The molecule has 1 fully saturated rings. The van der Waals surface area contributed by atoms with Crippen LogP contribution in [0.4, 0.5) is 23.2 Å². The van der Waals surface area contributed by atoms with Crippen molar-refractivity contribution < 1.29 is 26.5 Å². The highest BCUT2D eigenvalue weighted by atomic mass is 32.2. The molecule has 0 aromatic heterocycles. The number of ether oxygens (including phenoxy) is 1. The number of methoxy groups -OCH3 is 1. The monoisotopic (exact) mass is 442 g/mol. The summed E-state index contributed by atoms with van der Waals surface area (Å²) in [5, 5.41) is 9.73. The molecule has 1 heterocycles. The van der Waals surface area contributed by atoms with E-state index < -0.39 is 28.4 Å². The molecule has 0 amide bonds. The first kappa shape index (κ1) is 21.2. The Hall–Kier alpha value is -2.51. The van der Waals surface area contributed by atoms with Crippen LogP contribution >= 0.6 is 11.8 Å². The number of anilines is 1. The maximum absolute atomic E-state index is 14.1. The Bertz CT molecular complexity index is 1030. The van der Waals surface area contributed by atoms with E-state index >= 15 is 0 Å². The van der Waals surface area contributed by atoms with Gasteiger partial charge in [-0.2, -0.15) is 18.4 Å². The largest absolute Gasteiger partial charge is 0.495 e. The second kappa shape index (κ2) is 8.47. The quantitative estimate of drug-likeness (QED) is 0.383. The minimum atomic E-state index is -4.65. The zero-order valence-electron chi connectivity index (χ0n) is 15.0. The van der Waals surface area contributed by atoms with Gasteiger partial charge < -0.3 is 9.64 Å². The summed E-state index contributed by atoms with van der Waals surface area (Å²) in [4.78, 5) is 1.11. The van der Waals surface area contributed by atoms with Gasteiger partial charge in [-0.3, -0.25) is 4.21 Å². The number of para-hydroxylation sites is 2. The summed E-state index contributed by atoms with van der Waals surface area (Å²) in [5.74, 6) is -0.190. The molecule has 1 atom stereocenters. The third-order valence-electron chi connectivity index (χ3n) is 4.10. The Labute approximate surface area is 171 Å². The molecule has 1 unspecified atom stereocenters. The zero-order valence-corrected chi connectivity index (χ0v) is 16.6. The summed E-state index contributed by atoms with van der Waals surface area (Å²) in [6.45, 7) is 0.319. The van der Waals surface area contributed by atoms with Gasteiger partial charge in [-0.25, -0.2) is 4.39 Å². The molecule has 1 aliphatic rings. The average molecular weight is 442 g/mol. The van der Waals surface area contributed by atoms with Crippen molar-refractivity contribution in [3.05, 3.63) is 63.8 Å². The second-order valence-corrected chi connectivity index (χ2v) is 8.40. The number of rotatable bonds is 4. The van der Waals surface area contributed by atoms with E-state index in [1.165, 1.54) is 7.11 Å². The molecule has 4 nitrogen and oxygen atoms in total. The Kier molecular flexibility index (Phi) is 6.19. The van der Waals surface area contributed by atoms with Crippen molar-refractivity contribution in [1.82, 2.24) is 0 Å². The van der Waals surface area contributed by atoms with Crippen LogP contribution in [0, 0.1) is 17.1 Å². The molecule has 152 valence electrons. The van der Waals surface area contributed by atoms with E-state index in [0.29, 0.717) is 47.9 Å². The lowest BCUT2D eigenvalue weighted by Gasteiger charge is -2.22. The van der Waals surface area contributed by atoms with Crippen molar-refractivity contribution in [2.45, 2.75) is 11.1 Å². The summed E-state index contributed by atoms with van der Waals surface area (Å²) < 4.78 is 71.0. The molecule has 29 heavy (non-hydrogen) atoms. The third-order valence-corrected chi connectivity index (χ3v) is 6.66. The summed E-state index contributed by atoms with van der Waals surface area (Å²) in [7, 11) is -0.107. The van der Waals surface area contributed by atoms with Crippen molar-refractivity contribution >= 4 is 28.2 Å². The van der Waals surface area contributed by atoms with Crippen LogP contribution in [0.2, 0.25) is 0 Å². The second-order valence-electron chi connectivity index (χ2n) is 5.86. The van der Waals surface area contributed by atoms with Gasteiger partial charge in [-0.1, -0.05) is 23.9 Å². The lowest BCUT2D eigenvalue weighted by Crippen LogP contribution is -2.19. The van der Waals surface area contributed by atoms with Crippen LogP contribution in [-0.2, 0) is 17.0 Å². The maximum Gasteiger partial charge on any atom is 0.416 e. The summed E-state index contributed by atoms with van der Waals surface area (Å²) >= 11 is 0.526. The molecule has 10 heteroatoms. The summed E-state index contributed by atoms with van der Waals surface area (Å²) in [5.41, 5.74) is -0.466. The highest BCUT2D eigenvalue weighted by molar-refractivity contribution is 8.04. The van der Waals surface area contributed by atoms with Gasteiger partial charge in [0.15, 0.2) is 0 Å². The van der Waals surface area contributed by atoms with Crippen LogP contribution in [0.5, 0.6) is 5.75 Å². The predicted octanol–water partition coefficient (Wildman–Crippen LogP) is 4.91. The van der Waals surface area contributed by atoms with E-state index in [-0.39, 0.29) is 20.6 Å². The number of hydrogen-bond acceptors (Lipinski definition) is 5. The molecular weight excluding hydrogens is 428 g/mol. The van der Waals surface area contributed by atoms with Gasteiger partial charge in [0.1, 0.15) is 27.6 Å². The Morgan fingerprint density at radius 2 is 2.00 bits per heavy atom. The first-order valence-corrected chi connectivity index (χ1v) is 10.4. The predicted molar refractivity (Wildman–Crippen MR) is 103 cm³/mol. The minimum Gasteiger partial charge on any atom is -0.495 e. The SMILES string of the molecule is COc1ccccc1N1CCS(=O)C1=C(C#N)Sc1cc(C(F)(F)F)ccc1F. The van der Waals surface area contributed by atoms with Gasteiger partial charge in [-0.05, 0) is 30.3 Å². The van der Waals surface area contributed by atoms with E-state index in [9.17, 15) is 27.0 Å². The number of alkyl halides is 3. The third kappa shape index (κ3) is 4.41. The normalized spacial score (nSPS) is 18.5. The lowest BCUT2D eigenvalue weighted by molar-refractivity contribution is -0.137. The summed E-state index contributed by atoms with van der Waals surface area (Å²) in [6, 6.07) is 10.7. The van der Waals surface area contributed by atoms with Crippen molar-refractivity contribution in [2.24, 2.45) is 0 Å². The van der Waals surface area contributed by atoms with Gasteiger partial charge in [0.2, 0.25) is 0 Å². The topological polar surface area (TPSA) is 53.3 Å². The van der Waals surface area contributed by atoms with Crippen LogP contribution in [0.15, 0.2) is 57.3 Å². The van der Waals surface area contributed by atoms with Crippen LogP contribution in [-0.4, -0.2) is 23.6 Å². The molecule has 0 spiro atoms. The van der Waals surface area contributed by atoms with Gasteiger partial charge in [-0.15, -0.1) is 0 Å². The number of halogens is 4. The number of nitriles is 1. The molecule has 1 aliphatic heterocycles. The van der Waals surface area contributed by atoms with Crippen molar-refractivity contribution in [1.29, 1.82) is 5.26 Å². The van der Waals surface area contributed by atoms with Crippen molar-refractivity contribution in [3.8, 4) is 11.8 Å². The summed E-state index contributed by atoms with van der Waals surface area (Å²) in [6.07, 6.45) is -4.65. The maximum atomic E-state index is 14.1. The molecule has 2 aromatic rings. The molecule has 1 saturated heterocycles. The van der Waals surface area contributed by atoms with Crippen LogP contribution in [0.1, 0.15) is 5.56 Å². The fourth-order valence-corrected chi connectivity index (χ4v) is 5.23. The molecule has 0 aliphatic carbocycles. The fourth-order valence-electron chi connectivity index (χ4n) is 2.79. The molecule has 0 N–H and O–H groups in total. The number of nitrogens with zero attached hydrogens (tertiary/aromatic N) is 2. The molecule has 2 aromatic carbocycles. The molecular formula is C19H14F4N2O2S2. The Morgan fingerprint density at radius 1 is 1.28 bits per heavy atom. The van der Waals surface area contributed by atoms with Crippen molar-refractivity contribution in [3.63, 3.8) is 0 Å². The molecule has 0 radical (unpaired) electrons. The van der Waals surface area contributed by atoms with Crippen molar-refractivity contribution in [2.75, 3.05) is 24.3 Å². The standard InChI is InChI=1S/C19H14F4N2O2S2/c1-27-15-5-3-2-4-14(15)25-8-9-29(26)18(25)17(11-24)28-16-10-12(19(21,22)23)6-7-13(16)20/h2-7,10H,8-9H2,1H3. The van der Waals surface area contributed by atoms with Gasteiger partial charge in [0.05, 0.1) is 29.2 Å². The van der Waals surface area contributed by atoms with Gasteiger partial charge >= 0.3 is 6.18 Å². The zero-order chi connectivity index (χ0) is 21.2. The minimum absolute atomic E-state index is 0.124. The number of hydrogen-bond donors (Lipinski definition) is 0. The van der Waals surface area contributed by atoms with E-state index in [1.807, 2.05) is 6.07 Å². The molecule has 0 bridgehead atoms. The average Bonchev–Trinajstić information content (AvgIpc) is 3.07. The number of allylic oxidation sites excluding steroid dienone is 1. The van der Waals surface area contributed by atoms with Crippen LogP contribution < -0.4 is 9.64 Å². The van der Waals surface area contributed by atoms with E-state index in [1.54, 1.807) is 29.2 Å². The molecule has 0 saturated carbocycles. The first-order valence-electron chi connectivity index (χ1n) is 8.24. The number of thioether (sulfide) groups is 1. The lowest BCUT2D eigenvalue weighted by atomic mass is 10.2. The smallest absolute Gasteiger partial charge is 0.416 e. The fraction of sp³-hybridized carbons (Fsp3) is 0.211. The van der Waals surface area contributed by atoms with Gasteiger partial charge in [0, 0.05) is 17.2 Å². The van der Waals surface area contributed by atoms with E-state index in [2.05, 4.69) is 0 Å². The van der Waals surface area contributed by atoms with Crippen LogP contribution in [0.25, 0.3) is 0 Å². The highest BCUT2D eigenvalue weighted by Crippen LogP contribution is 2.41. The highest BCUT2D eigenvalue weighted by Gasteiger charge is 2.33. The Morgan fingerprint density at radius 3 is 2.66 bits per heavy atom. The first-order chi connectivity index (χ1) is 13.8. The van der Waals surface area contributed by atoms with Gasteiger partial charge in [0.25, 0.3) is 0 Å². The van der Waals surface area contributed by atoms with E-state index in [0.717, 1.165) is 0 Å². The van der Waals surface area contributed by atoms with Crippen LogP contribution in [0.3, 0.4) is 0 Å². The number of benzene rings is 2.